The fourth-order valence-electron chi connectivity index (χ4n) is 1.41. The second-order valence-corrected chi connectivity index (χ2v) is 3.79. The average molecular weight is 226 g/mol. The lowest BCUT2D eigenvalue weighted by molar-refractivity contribution is 0.0333. The number of aliphatic hydroxyl groups is 2. The van der Waals surface area contributed by atoms with Gasteiger partial charge in [0.05, 0.1) is 6.10 Å². The van der Waals surface area contributed by atoms with Gasteiger partial charge in [-0.15, -0.1) is 0 Å². The van der Waals surface area contributed by atoms with Crippen molar-refractivity contribution in [2.45, 2.75) is 19.1 Å². The highest BCUT2D eigenvalue weighted by Crippen LogP contribution is 2.22. The van der Waals surface area contributed by atoms with E-state index in [0.717, 1.165) is 11.8 Å². The second-order valence-electron chi connectivity index (χ2n) is 3.43. The van der Waals surface area contributed by atoms with Gasteiger partial charge >= 0.3 is 0 Å². The molecule has 2 atom stereocenters. The predicted molar refractivity (Wildman–Crippen MR) is 61.4 cm³/mol. The number of carbonyl (C=O) groups is 1. The molecular formula is C11H14O3S. The molecule has 0 spiro atoms. The number of hydrogen-bond donors (Lipinski definition) is 3. The van der Waals surface area contributed by atoms with E-state index in [1.165, 1.54) is 0 Å². The van der Waals surface area contributed by atoms with Gasteiger partial charge in [-0.2, -0.15) is 12.6 Å². The normalized spacial score (nSPS) is 14.7. The van der Waals surface area contributed by atoms with E-state index in [1.54, 1.807) is 25.1 Å². The Balaban J connectivity index is 2.99. The van der Waals surface area contributed by atoms with E-state index in [1.807, 2.05) is 0 Å². The van der Waals surface area contributed by atoms with Gasteiger partial charge in [-0.05, 0) is 24.1 Å². The Labute approximate surface area is 94.2 Å². The Hall–Kier alpha value is -0.840. The van der Waals surface area contributed by atoms with E-state index >= 15 is 0 Å². The molecule has 0 fully saturated rings. The summed E-state index contributed by atoms with van der Waals surface area (Å²) in [7, 11) is 0. The molecule has 0 saturated carbocycles. The maximum absolute atomic E-state index is 10.5. The van der Waals surface area contributed by atoms with E-state index < -0.39 is 12.2 Å². The minimum absolute atomic E-state index is 0.191. The topological polar surface area (TPSA) is 57.5 Å². The van der Waals surface area contributed by atoms with Gasteiger partial charge < -0.3 is 10.2 Å². The van der Waals surface area contributed by atoms with E-state index in [4.69, 9.17) is 0 Å². The first-order chi connectivity index (χ1) is 7.10. The molecule has 15 heavy (non-hydrogen) atoms. The highest BCUT2D eigenvalue weighted by Gasteiger charge is 2.18. The third kappa shape index (κ3) is 2.81. The van der Waals surface area contributed by atoms with Crippen LogP contribution in [-0.4, -0.2) is 28.4 Å². The first kappa shape index (κ1) is 12.2. The first-order valence-corrected chi connectivity index (χ1v) is 5.26. The zero-order valence-electron chi connectivity index (χ0n) is 8.42. The van der Waals surface area contributed by atoms with Crippen molar-refractivity contribution in [1.29, 1.82) is 0 Å². The van der Waals surface area contributed by atoms with Crippen molar-refractivity contribution in [3.05, 3.63) is 34.9 Å². The number of aliphatic hydroxyl groups excluding tert-OH is 2. The minimum Gasteiger partial charge on any atom is -0.389 e. The molecule has 0 heterocycles. The Morgan fingerprint density at radius 3 is 2.60 bits per heavy atom. The van der Waals surface area contributed by atoms with Gasteiger partial charge in [0.25, 0.3) is 0 Å². The molecule has 0 aliphatic carbocycles. The van der Waals surface area contributed by atoms with Crippen LogP contribution in [0.1, 0.15) is 27.6 Å². The summed E-state index contributed by atoms with van der Waals surface area (Å²) in [6, 6.07) is 4.94. The van der Waals surface area contributed by atoms with Gasteiger partial charge in [0.2, 0.25) is 0 Å². The number of aryl methyl sites for hydroxylation is 1. The maximum Gasteiger partial charge on any atom is 0.150 e. The summed E-state index contributed by atoms with van der Waals surface area (Å²) in [4.78, 5) is 10.5. The first-order valence-electron chi connectivity index (χ1n) is 4.63. The van der Waals surface area contributed by atoms with Crippen LogP contribution in [0.5, 0.6) is 0 Å². The van der Waals surface area contributed by atoms with Crippen molar-refractivity contribution in [1.82, 2.24) is 0 Å². The number of benzene rings is 1. The molecule has 82 valence electrons. The van der Waals surface area contributed by atoms with Crippen molar-refractivity contribution in [3.63, 3.8) is 0 Å². The van der Waals surface area contributed by atoms with Gasteiger partial charge in [0.15, 0.2) is 0 Å². The Morgan fingerprint density at radius 1 is 1.47 bits per heavy atom. The lowest BCUT2D eigenvalue weighted by Gasteiger charge is -2.18. The average Bonchev–Trinajstić information content (AvgIpc) is 2.26. The van der Waals surface area contributed by atoms with E-state index in [0.29, 0.717) is 11.1 Å². The molecule has 0 aliphatic rings. The smallest absolute Gasteiger partial charge is 0.150 e. The second kappa shape index (κ2) is 5.30. The molecule has 0 aliphatic heterocycles. The SMILES string of the molecule is Cc1cc(C=O)ccc1C(O)C(O)CS. The van der Waals surface area contributed by atoms with Crippen molar-refractivity contribution >= 4 is 18.9 Å². The number of hydrogen-bond acceptors (Lipinski definition) is 4. The molecule has 0 aromatic heterocycles. The van der Waals surface area contributed by atoms with Gasteiger partial charge in [-0.25, -0.2) is 0 Å². The van der Waals surface area contributed by atoms with Crippen LogP contribution in [0.15, 0.2) is 18.2 Å². The molecule has 2 N–H and O–H groups in total. The molecule has 0 amide bonds. The fraction of sp³-hybridized carbons (Fsp3) is 0.364. The van der Waals surface area contributed by atoms with Crippen molar-refractivity contribution in [2.24, 2.45) is 0 Å². The van der Waals surface area contributed by atoms with Crippen molar-refractivity contribution < 1.29 is 15.0 Å². The predicted octanol–water partition coefficient (Wildman–Crippen LogP) is 1.13. The highest BCUT2D eigenvalue weighted by molar-refractivity contribution is 7.80. The van der Waals surface area contributed by atoms with Gasteiger partial charge in [-0.3, -0.25) is 4.79 Å². The zero-order chi connectivity index (χ0) is 11.4. The van der Waals surface area contributed by atoms with Crippen LogP contribution in [0.3, 0.4) is 0 Å². The number of rotatable bonds is 4. The van der Waals surface area contributed by atoms with Crippen LogP contribution in [0.4, 0.5) is 0 Å². The van der Waals surface area contributed by atoms with Gasteiger partial charge in [0, 0.05) is 11.3 Å². The largest absolute Gasteiger partial charge is 0.389 e. The summed E-state index contributed by atoms with van der Waals surface area (Å²) in [5.74, 6) is 0.191. The standard InChI is InChI=1S/C11H14O3S/c1-7-4-8(5-12)2-3-9(7)11(14)10(13)6-15/h2-5,10-11,13-15H,6H2,1H3. The molecule has 3 nitrogen and oxygen atoms in total. The molecule has 1 rings (SSSR count). The van der Waals surface area contributed by atoms with Crippen LogP contribution >= 0.6 is 12.6 Å². The summed E-state index contributed by atoms with van der Waals surface area (Å²) in [5.41, 5.74) is 1.97. The zero-order valence-corrected chi connectivity index (χ0v) is 9.32. The highest BCUT2D eigenvalue weighted by atomic mass is 32.1. The van der Waals surface area contributed by atoms with Crippen LogP contribution in [0, 0.1) is 6.92 Å². The maximum atomic E-state index is 10.5. The molecule has 0 bridgehead atoms. The Morgan fingerprint density at radius 2 is 2.13 bits per heavy atom. The number of aldehydes is 1. The van der Waals surface area contributed by atoms with E-state index in [2.05, 4.69) is 12.6 Å². The monoisotopic (exact) mass is 226 g/mol. The quantitative estimate of drug-likeness (QED) is 0.533. The Kier molecular flexibility index (Phi) is 4.32. The third-order valence-electron chi connectivity index (χ3n) is 2.30. The van der Waals surface area contributed by atoms with Crippen molar-refractivity contribution in [3.8, 4) is 0 Å². The molecule has 2 unspecified atom stereocenters. The molecule has 4 heteroatoms. The molecule has 1 aromatic carbocycles. The van der Waals surface area contributed by atoms with E-state index in [9.17, 15) is 15.0 Å². The third-order valence-corrected chi connectivity index (χ3v) is 2.67. The molecule has 1 aromatic rings. The summed E-state index contributed by atoms with van der Waals surface area (Å²) in [6.07, 6.45) is -1.10. The number of carbonyl (C=O) groups excluding carboxylic acids is 1. The summed E-state index contributed by atoms with van der Waals surface area (Å²) in [6.45, 7) is 1.79. The van der Waals surface area contributed by atoms with Crippen molar-refractivity contribution in [2.75, 3.05) is 5.75 Å². The lowest BCUT2D eigenvalue weighted by Crippen LogP contribution is -2.20. The fourth-order valence-corrected chi connectivity index (χ4v) is 1.61. The van der Waals surface area contributed by atoms with Crippen LogP contribution in [-0.2, 0) is 0 Å². The summed E-state index contributed by atoms with van der Waals surface area (Å²) >= 11 is 3.91. The minimum atomic E-state index is -0.955. The van der Waals surface area contributed by atoms with E-state index in [-0.39, 0.29) is 5.75 Å². The lowest BCUT2D eigenvalue weighted by atomic mass is 9.98. The Bertz CT molecular complexity index is 352. The van der Waals surface area contributed by atoms with Crippen LogP contribution in [0.2, 0.25) is 0 Å². The number of thiol groups is 1. The van der Waals surface area contributed by atoms with Crippen LogP contribution < -0.4 is 0 Å². The van der Waals surface area contributed by atoms with Gasteiger partial charge in [0.1, 0.15) is 12.4 Å². The molecular weight excluding hydrogens is 212 g/mol. The molecule has 0 radical (unpaired) electrons. The van der Waals surface area contributed by atoms with Crippen LogP contribution in [0.25, 0.3) is 0 Å². The summed E-state index contributed by atoms with van der Waals surface area (Å²) < 4.78 is 0. The molecule has 0 saturated heterocycles. The van der Waals surface area contributed by atoms with Gasteiger partial charge in [-0.1, -0.05) is 12.1 Å². The summed E-state index contributed by atoms with van der Waals surface area (Å²) in [5, 5.41) is 19.2.